The molecule has 6 nitrogen and oxygen atoms in total. The highest BCUT2D eigenvalue weighted by molar-refractivity contribution is 5.95. The summed E-state index contributed by atoms with van der Waals surface area (Å²) in [7, 11) is 0. The number of nitrogens with zero attached hydrogens (tertiary/aromatic N) is 1. The van der Waals surface area contributed by atoms with Crippen LogP contribution in [0.4, 0.5) is 13.2 Å². The van der Waals surface area contributed by atoms with Crippen molar-refractivity contribution in [1.29, 1.82) is 0 Å². The second-order valence-corrected chi connectivity index (χ2v) is 8.73. The van der Waals surface area contributed by atoms with Crippen LogP contribution in [0.1, 0.15) is 77.2 Å². The molecule has 2 heterocycles. The van der Waals surface area contributed by atoms with E-state index in [1.54, 1.807) is 0 Å². The zero-order valence-electron chi connectivity index (χ0n) is 34.3. The lowest BCUT2D eigenvalue weighted by atomic mass is 9.86. The van der Waals surface area contributed by atoms with Gasteiger partial charge in [0.1, 0.15) is 11.6 Å². The molecule has 198 valence electrons. The van der Waals surface area contributed by atoms with Crippen LogP contribution in [0.25, 0.3) is 10.9 Å². The maximum atomic E-state index is 16.0. The Morgan fingerprint density at radius 3 is 2.73 bits per heavy atom. The third kappa shape index (κ3) is 4.48. The number of hydrogen-bond acceptors (Lipinski definition) is 5. The molecule has 0 radical (unpaired) electrons. The quantitative estimate of drug-likeness (QED) is 0.406. The van der Waals surface area contributed by atoms with Gasteiger partial charge in [0.05, 0.1) is 38.3 Å². The van der Waals surface area contributed by atoms with Crippen molar-refractivity contribution >= 4 is 16.7 Å². The lowest BCUT2D eigenvalue weighted by Crippen LogP contribution is -2.26. The van der Waals surface area contributed by atoms with Crippen molar-refractivity contribution in [3.8, 4) is 11.5 Å². The molecule has 9 heteroatoms. The standard InChI is InChI=1S/C28H30F3NO5/c1-4-26(2,3)24-10-17-9-16(20(29)13-21(17)32(24)14-19(34)15-33)11-25(35)27(7-8-27)18-5-6-22-23(12-18)37-28(30,31)36-22/h5-6,9-10,12-13,19,33-34H,4,7-8,11,14-15H2,1-3H3/t19-/m1/s1/i2D3,4D2,5D,6D,7D2,8D2,12D,15D2,19D/t19-,26?. The molecular formula is C28H30F3NO5. The zero-order valence-corrected chi connectivity index (χ0v) is 19.3. The number of benzene rings is 2. The second-order valence-electron chi connectivity index (χ2n) is 8.73. The molecule has 2 atom stereocenters. The summed E-state index contributed by atoms with van der Waals surface area (Å²) in [6.45, 7) is -6.27. The van der Waals surface area contributed by atoms with Crippen LogP contribution in [-0.2, 0) is 28.6 Å². The normalized spacial score (nSPS) is 30.2. The van der Waals surface area contributed by atoms with Crippen molar-refractivity contribution in [3.63, 3.8) is 0 Å². The smallest absolute Gasteiger partial charge is 0.395 e. The number of aromatic nitrogens is 1. The van der Waals surface area contributed by atoms with Gasteiger partial charge in [-0.3, -0.25) is 4.79 Å². The maximum Gasteiger partial charge on any atom is 0.586 e. The van der Waals surface area contributed by atoms with Crippen LogP contribution in [-0.4, -0.2) is 39.5 Å². The lowest BCUT2D eigenvalue weighted by molar-refractivity contribution is -0.286. The van der Waals surface area contributed by atoms with Crippen molar-refractivity contribution < 1.29 is 58.2 Å². The van der Waals surface area contributed by atoms with E-state index in [2.05, 4.69) is 9.47 Å². The van der Waals surface area contributed by atoms with Crippen LogP contribution in [0, 0.1) is 5.82 Å². The Kier molecular flexibility index (Phi) is 3.12. The minimum Gasteiger partial charge on any atom is -0.395 e. The van der Waals surface area contributed by atoms with Crippen molar-refractivity contribution in [1.82, 2.24) is 4.57 Å². The Balaban J connectivity index is 1.72. The molecule has 5 rings (SSSR count). The molecule has 37 heavy (non-hydrogen) atoms. The van der Waals surface area contributed by atoms with Gasteiger partial charge in [-0.2, -0.15) is 0 Å². The molecular weight excluding hydrogens is 487 g/mol. The summed E-state index contributed by atoms with van der Waals surface area (Å²) in [5.74, 6) is -5.09. The first kappa shape index (κ1) is 13.2. The third-order valence-corrected chi connectivity index (χ3v) is 6.23. The van der Waals surface area contributed by atoms with Crippen molar-refractivity contribution in [2.24, 2.45) is 0 Å². The molecule has 1 saturated carbocycles. The van der Waals surface area contributed by atoms with Crippen LogP contribution in [0.15, 0.2) is 36.3 Å². The van der Waals surface area contributed by atoms with E-state index in [4.69, 9.17) is 20.6 Å². The monoisotopic (exact) mass is 532 g/mol. The highest BCUT2D eigenvalue weighted by atomic mass is 19.3. The summed E-state index contributed by atoms with van der Waals surface area (Å²) >= 11 is 0. The Bertz CT molecular complexity index is 1990. The second kappa shape index (κ2) is 8.77. The number of rotatable bonds is 9. The molecule has 1 fully saturated rings. The first-order valence-corrected chi connectivity index (χ1v) is 10.8. The van der Waals surface area contributed by atoms with E-state index in [-0.39, 0.29) is 10.9 Å². The highest BCUT2D eigenvalue weighted by Gasteiger charge is 2.52. The molecule has 1 aliphatic heterocycles. The molecule has 2 N–H and O–H groups in total. The Morgan fingerprint density at radius 1 is 1.35 bits per heavy atom. The van der Waals surface area contributed by atoms with Gasteiger partial charge in [-0.1, -0.05) is 26.7 Å². The summed E-state index contributed by atoms with van der Waals surface area (Å²) < 4.78 is 176. The van der Waals surface area contributed by atoms with E-state index in [0.717, 1.165) is 30.5 Å². The van der Waals surface area contributed by atoms with E-state index in [9.17, 15) is 23.8 Å². The number of hydrogen-bond donors (Lipinski definition) is 2. The van der Waals surface area contributed by atoms with Crippen LogP contribution >= 0.6 is 0 Å². The van der Waals surface area contributed by atoms with Crippen molar-refractivity contribution in [2.75, 3.05) is 6.56 Å². The van der Waals surface area contributed by atoms with Crippen LogP contribution < -0.4 is 9.47 Å². The summed E-state index contributed by atoms with van der Waals surface area (Å²) in [6, 6.07) is -1.13. The molecule has 3 aromatic rings. The van der Waals surface area contributed by atoms with E-state index in [0.29, 0.717) is 6.07 Å². The largest absolute Gasteiger partial charge is 0.586 e. The van der Waals surface area contributed by atoms with E-state index < -0.39 is 127 Å². The molecule has 1 aromatic heterocycles. The average molecular weight is 533 g/mol. The van der Waals surface area contributed by atoms with Gasteiger partial charge < -0.3 is 24.3 Å². The number of carbonyl (C=O) groups is 1. The lowest BCUT2D eigenvalue weighted by Gasteiger charge is -2.26. The number of aliphatic hydroxyl groups is 2. The number of halogens is 3. The molecule has 0 saturated heterocycles. The fraction of sp³-hybridized carbons (Fsp3) is 0.464. The molecule has 1 aliphatic carbocycles. The number of fused-ring (bicyclic) bond motifs is 2. The molecule has 0 spiro atoms. The third-order valence-electron chi connectivity index (χ3n) is 6.23. The topological polar surface area (TPSA) is 80.9 Å². The number of ketones is 1. The minimum atomic E-state index is -4.42. The Labute approximate surface area is 233 Å². The predicted octanol–water partition coefficient (Wildman–Crippen LogP) is 4.99. The van der Waals surface area contributed by atoms with E-state index in [1.807, 2.05) is 0 Å². The van der Waals surface area contributed by atoms with Crippen molar-refractivity contribution in [2.45, 2.75) is 76.0 Å². The predicted molar refractivity (Wildman–Crippen MR) is 131 cm³/mol. The minimum absolute atomic E-state index is 0.204. The summed E-state index contributed by atoms with van der Waals surface area (Å²) in [4.78, 5) is 14.1. The first-order valence-electron chi connectivity index (χ1n) is 18.3. The van der Waals surface area contributed by atoms with E-state index >= 15 is 4.39 Å². The van der Waals surface area contributed by atoms with Crippen molar-refractivity contribution in [3.05, 3.63) is 59.0 Å². The molecule has 1 unspecified atom stereocenters. The molecule has 2 aliphatic rings. The number of ether oxygens (including phenoxy) is 2. The fourth-order valence-electron chi connectivity index (χ4n) is 4.10. The number of Topliss-reactive ketones (excluding diaryl/α,β-unsaturated/α-hetero) is 1. The van der Waals surface area contributed by atoms with Gasteiger partial charge in [-0.25, -0.2) is 4.39 Å². The summed E-state index contributed by atoms with van der Waals surface area (Å²) in [5.41, 5.74) is -8.39. The highest BCUT2D eigenvalue weighted by Crippen LogP contribution is 2.52. The van der Waals surface area contributed by atoms with Crippen LogP contribution in [0.2, 0.25) is 0 Å². The van der Waals surface area contributed by atoms with E-state index in [1.165, 1.54) is 0 Å². The SMILES string of the molecule is [2H]c1c([2H])c(C2(C(=O)Cc3cc4cc(C(C)(C([2H])([2H])[2H])C([2H])([2H])C)n(C[C@@]([2H])(O)C([2H])([2H])O)c4cc3F)C([2H])([2H])C2([2H])[2H])c([2H])c2c1OC(F)(F)O2. The van der Waals surface area contributed by atoms with Crippen LogP contribution in [0.5, 0.6) is 11.5 Å². The van der Waals surface area contributed by atoms with Gasteiger partial charge in [-0.05, 0) is 60.5 Å². The van der Waals surface area contributed by atoms with Gasteiger partial charge >= 0.3 is 6.29 Å². The Morgan fingerprint density at radius 2 is 2.08 bits per heavy atom. The Hall–Kier alpha value is -3.04. The molecule has 0 bridgehead atoms. The number of carbonyl (C=O) groups excluding carboxylic acids is 1. The van der Waals surface area contributed by atoms with Gasteiger partial charge in [0.15, 0.2) is 11.5 Å². The van der Waals surface area contributed by atoms with Crippen LogP contribution in [0.3, 0.4) is 0 Å². The maximum absolute atomic E-state index is 16.0. The molecule has 0 amide bonds. The first-order chi connectivity index (χ1) is 23.1. The van der Waals surface area contributed by atoms with Gasteiger partial charge in [0, 0.05) is 35.3 Å². The molecule has 2 aromatic carbocycles. The number of alkyl halides is 2. The fourth-order valence-corrected chi connectivity index (χ4v) is 4.10. The summed E-state index contributed by atoms with van der Waals surface area (Å²) in [6.07, 6.45) is -18.2. The van der Waals surface area contributed by atoms with Gasteiger partial charge in [0.2, 0.25) is 0 Å². The summed E-state index contributed by atoms with van der Waals surface area (Å²) in [5, 5.41) is 20.2. The van der Waals surface area contributed by atoms with Gasteiger partial charge in [0.25, 0.3) is 0 Å². The zero-order chi connectivity index (χ0) is 40.0. The average Bonchev–Trinajstić information content (AvgIpc) is 3.26. The van der Waals surface area contributed by atoms with Gasteiger partial charge in [-0.15, -0.1) is 8.78 Å².